The molecule has 0 fully saturated rings. The summed E-state index contributed by atoms with van der Waals surface area (Å²) in [6.45, 7) is 1.39. The second-order valence-corrected chi connectivity index (χ2v) is 7.20. The van der Waals surface area contributed by atoms with Crippen molar-refractivity contribution in [3.8, 4) is 0 Å². The summed E-state index contributed by atoms with van der Waals surface area (Å²) in [4.78, 5) is 48.6. The normalized spacial score (nSPS) is 10.7. The number of hydrogen-bond acceptors (Lipinski definition) is 5. The van der Waals surface area contributed by atoms with Crippen molar-refractivity contribution in [2.75, 3.05) is 17.7 Å². The third-order valence-corrected chi connectivity index (χ3v) is 4.63. The van der Waals surface area contributed by atoms with Crippen LogP contribution in [0.15, 0.2) is 84.6 Å². The molecule has 3 aromatic carbocycles. The van der Waals surface area contributed by atoms with Crippen LogP contribution in [0.2, 0.25) is 0 Å². The van der Waals surface area contributed by atoms with Crippen LogP contribution in [-0.4, -0.2) is 30.8 Å². The van der Waals surface area contributed by atoms with Crippen LogP contribution in [0, 0.1) is 0 Å². The number of carbonyl (C=O) groups excluding carboxylic acids is 4. The molecule has 0 spiro atoms. The Hall–Kier alpha value is -4.72. The van der Waals surface area contributed by atoms with E-state index in [0.717, 1.165) is 5.56 Å². The molecular formula is C26H23N3O5. The van der Waals surface area contributed by atoms with Crippen molar-refractivity contribution in [3.63, 3.8) is 0 Å². The minimum absolute atomic E-state index is 0.0270. The lowest BCUT2D eigenvalue weighted by Gasteiger charge is -2.12. The second kappa shape index (κ2) is 11.2. The fourth-order valence-corrected chi connectivity index (χ4v) is 2.98. The predicted octanol–water partition coefficient (Wildman–Crippen LogP) is 3.84. The topological polar surface area (TPSA) is 114 Å². The lowest BCUT2D eigenvalue weighted by Crippen LogP contribution is -2.30. The van der Waals surface area contributed by atoms with Crippen LogP contribution in [0.3, 0.4) is 0 Å². The van der Waals surface area contributed by atoms with Crippen molar-refractivity contribution < 1.29 is 23.9 Å². The van der Waals surface area contributed by atoms with Crippen molar-refractivity contribution in [3.05, 3.63) is 101 Å². The minimum Gasteiger partial charge on any atom is -0.465 e. The monoisotopic (exact) mass is 457 g/mol. The Morgan fingerprint density at radius 2 is 1.29 bits per heavy atom. The molecule has 0 aliphatic rings. The number of esters is 1. The van der Waals surface area contributed by atoms with Gasteiger partial charge in [0, 0.05) is 23.9 Å². The SMILES string of the molecule is COC(=O)c1ccc(NC(=O)/C(=C/c2ccccc2)NC(=O)c2ccc(NC(C)=O)cc2)cc1. The molecule has 0 aromatic heterocycles. The Morgan fingerprint density at radius 3 is 1.85 bits per heavy atom. The van der Waals surface area contributed by atoms with E-state index in [9.17, 15) is 19.2 Å². The highest BCUT2D eigenvalue weighted by molar-refractivity contribution is 6.10. The number of methoxy groups -OCH3 is 1. The summed E-state index contributed by atoms with van der Waals surface area (Å²) in [5, 5.41) is 7.99. The van der Waals surface area contributed by atoms with Gasteiger partial charge in [0.05, 0.1) is 12.7 Å². The molecular weight excluding hydrogens is 434 g/mol. The maximum absolute atomic E-state index is 13.0. The van der Waals surface area contributed by atoms with E-state index in [0.29, 0.717) is 22.5 Å². The Balaban J connectivity index is 1.80. The van der Waals surface area contributed by atoms with E-state index in [-0.39, 0.29) is 11.6 Å². The third-order valence-electron chi connectivity index (χ3n) is 4.63. The molecule has 34 heavy (non-hydrogen) atoms. The molecule has 8 heteroatoms. The number of nitrogens with one attached hydrogen (secondary N) is 3. The van der Waals surface area contributed by atoms with E-state index in [4.69, 9.17) is 0 Å². The van der Waals surface area contributed by atoms with E-state index in [1.54, 1.807) is 54.6 Å². The summed E-state index contributed by atoms with van der Waals surface area (Å²) in [5.41, 5.74) is 2.39. The molecule has 0 unspecified atom stereocenters. The maximum Gasteiger partial charge on any atom is 0.337 e. The molecule has 0 aliphatic heterocycles. The van der Waals surface area contributed by atoms with Crippen LogP contribution in [-0.2, 0) is 14.3 Å². The molecule has 0 atom stereocenters. The van der Waals surface area contributed by atoms with Crippen LogP contribution in [0.25, 0.3) is 6.08 Å². The van der Waals surface area contributed by atoms with Crippen molar-refractivity contribution in [2.45, 2.75) is 6.92 Å². The number of hydrogen-bond donors (Lipinski definition) is 3. The van der Waals surface area contributed by atoms with Gasteiger partial charge in [0.1, 0.15) is 5.70 Å². The predicted molar refractivity (Wildman–Crippen MR) is 129 cm³/mol. The van der Waals surface area contributed by atoms with Gasteiger partial charge in [0.25, 0.3) is 11.8 Å². The number of carbonyl (C=O) groups is 4. The van der Waals surface area contributed by atoms with E-state index in [2.05, 4.69) is 20.7 Å². The minimum atomic E-state index is -0.544. The smallest absolute Gasteiger partial charge is 0.337 e. The van der Waals surface area contributed by atoms with Gasteiger partial charge < -0.3 is 20.7 Å². The lowest BCUT2D eigenvalue weighted by molar-refractivity contribution is -0.114. The van der Waals surface area contributed by atoms with E-state index in [1.807, 2.05) is 18.2 Å². The van der Waals surface area contributed by atoms with Gasteiger partial charge in [-0.05, 0) is 60.2 Å². The molecule has 0 saturated carbocycles. The van der Waals surface area contributed by atoms with Crippen molar-refractivity contribution in [2.24, 2.45) is 0 Å². The molecule has 0 heterocycles. The van der Waals surface area contributed by atoms with Gasteiger partial charge in [-0.2, -0.15) is 0 Å². The summed E-state index contributed by atoms with van der Waals surface area (Å²) >= 11 is 0. The van der Waals surface area contributed by atoms with Gasteiger partial charge >= 0.3 is 5.97 Å². The Kier molecular flexibility index (Phi) is 7.91. The molecule has 3 N–H and O–H groups in total. The number of rotatable bonds is 7. The standard InChI is InChI=1S/C26H23N3O5/c1-17(30)27-21-12-8-19(9-13-21)24(31)29-23(16-18-6-4-3-5-7-18)25(32)28-22-14-10-20(11-15-22)26(33)34-2/h3-16H,1-2H3,(H,27,30)(H,28,32)(H,29,31)/b23-16-. The second-order valence-electron chi connectivity index (χ2n) is 7.20. The maximum atomic E-state index is 13.0. The fourth-order valence-electron chi connectivity index (χ4n) is 2.98. The zero-order valence-electron chi connectivity index (χ0n) is 18.6. The molecule has 0 bridgehead atoms. The van der Waals surface area contributed by atoms with Crippen LogP contribution in [0.4, 0.5) is 11.4 Å². The number of anilines is 2. The molecule has 8 nitrogen and oxygen atoms in total. The zero-order chi connectivity index (χ0) is 24.5. The molecule has 0 aliphatic carbocycles. The molecule has 0 radical (unpaired) electrons. The molecule has 172 valence electrons. The first-order valence-corrected chi connectivity index (χ1v) is 10.3. The van der Waals surface area contributed by atoms with Crippen molar-refractivity contribution in [1.29, 1.82) is 0 Å². The van der Waals surface area contributed by atoms with Gasteiger partial charge in [-0.25, -0.2) is 4.79 Å². The summed E-state index contributed by atoms with van der Waals surface area (Å²) in [7, 11) is 1.29. The molecule has 3 rings (SSSR count). The molecule has 3 amide bonds. The Morgan fingerprint density at radius 1 is 0.735 bits per heavy atom. The number of benzene rings is 3. The first kappa shape index (κ1) is 23.9. The van der Waals surface area contributed by atoms with Gasteiger partial charge in [-0.3, -0.25) is 14.4 Å². The van der Waals surface area contributed by atoms with Gasteiger partial charge in [-0.1, -0.05) is 30.3 Å². The van der Waals surface area contributed by atoms with Crippen LogP contribution in [0.5, 0.6) is 0 Å². The highest BCUT2D eigenvalue weighted by Gasteiger charge is 2.16. The average Bonchev–Trinajstić information content (AvgIpc) is 2.84. The highest BCUT2D eigenvalue weighted by Crippen LogP contribution is 2.14. The highest BCUT2D eigenvalue weighted by atomic mass is 16.5. The lowest BCUT2D eigenvalue weighted by atomic mass is 10.1. The van der Waals surface area contributed by atoms with Gasteiger partial charge in [0.2, 0.25) is 5.91 Å². The number of amides is 3. The first-order chi connectivity index (χ1) is 16.4. The van der Waals surface area contributed by atoms with Crippen LogP contribution >= 0.6 is 0 Å². The quantitative estimate of drug-likeness (QED) is 0.369. The van der Waals surface area contributed by atoms with Crippen molar-refractivity contribution in [1.82, 2.24) is 5.32 Å². The molecule has 0 saturated heterocycles. The Labute approximate surface area is 196 Å². The van der Waals surface area contributed by atoms with Crippen LogP contribution in [0.1, 0.15) is 33.2 Å². The van der Waals surface area contributed by atoms with E-state index in [1.165, 1.54) is 26.2 Å². The summed E-state index contributed by atoms with van der Waals surface area (Å²) in [6.07, 6.45) is 1.56. The van der Waals surface area contributed by atoms with Gasteiger partial charge in [-0.15, -0.1) is 0 Å². The third kappa shape index (κ3) is 6.64. The molecule has 3 aromatic rings. The number of ether oxygens (including phenoxy) is 1. The average molecular weight is 457 g/mol. The fraction of sp³-hybridized carbons (Fsp3) is 0.0769. The summed E-state index contributed by atoms with van der Waals surface area (Å²) < 4.78 is 4.67. The largest absolute Gasteiger partial charge is 0.465 e. The summed E-state index contributed by atoms with van der Waals surface area (Å²) in [6, 6.07) is 21.5. The first-order valence-electron chi connectivity index (χ1n) is 10.3. The Bertz CT molecular complexity index is 1220. The van der Waals surface area contributed by atoms with Crippen LogP contribution < -0.4 is 16.0 Å². The van der Waals surface area contributed by atoms with E-state index >= 15 is 0 Å². The zero-order valence-corrected chi connectivity index (χ0v) is 18.6. The van der Waals surface area contributed by atoms with E-state index < -0.39 is 17.8 Å². The summed E-state index contributed by atoms with van der Waals surface area (Å²) in [5.74, 6) is -1.74. The van der Waals surface area contributed by atoms with Crippen molar-refractivity contribution >= 4 is 41.1 Å². The van der Waals surface area contributed by atoms with Gasteiger partial charge in [0.15, 0.2) is 0 Å².